The summed E-state index contributed by atoms with van der Waals surface area (Å²) in [5, 5.41) is 29.5. The molecule has 0 saturated carbocycles. The fourth-order valence-electron chi connectivity index (χ4n) is 7.16. The zero-order valence-corrected chi connectivity index (χ0v) is 37.6. The maximum absolute atomic E-state index is 13.4. The Bertz CT molecular complexity index is 2870. The largest absolute Gasteiger partial charge is 0.489 e. The summed E-state index contributed by atoms with van der Waals surface area (Å²) in [4.78, 5) is 27.7. The first kappa shape index (κ1) is 41.4. The number of aromatic nitrogens is 6. The standard InChI is InChI=1S/C46H36N8O6S4/c1-3-57-42(55)38-33(23-59-31-19-15-27(16-20-31)35-25-61-45-49-47-40(53(45)51-35)29-11-7-5-8-12-29)37-34(39(43(56)58-4-2)64-44(37)63-38)24-60-32-21-17-28(18-22-32)36-26-62-46-50-48-41(54(46)52-36)30-13-9-6-10-14-30/h5-22H,3-4,23-26H2,1-2H3. The molecule has 18 heteroatoms. The fourth-order valence-corrected chi connectivity index (χ4v) is 11.4. The molecule has 10 rings (SSSR count). The maximum atomic E-state index is 13.4. The highest BCUT2D eigenvalue weighted by Crippen LogP contribution is 2.43. The topological polar surface area (TPSA) is 157 Å². The van der Waals surface area contributed by atoms with Crippen molar-refractivity contribution >= 4 is 79.0 Å². The second-order valence-electron chi connectivity index (χ2n) is 14.2. The quantitative estimate of drug-likeness (QED) is 0.0953. The van der Waals surface area contributed by atoms with Crippen LogP contribution in [-0.2, 0) is 22.7 Å². The van der Waals surface area contributed by atoms with E-state index in [0.29, 0.717) is 55.5 Å². The summed E-state index contributed by atoms with van der Waals surface area (Å²) in [6.07, 6.45) is 0. The Morgan fingerprint density at radius 3 is 1.38 bits per heavy atom. The van der Waals surface area contributed by atoms with Gasteiger partial charge in [0.15, 0.2) is 11.6 Å². The van der Waals surface area contributed by atoms with E-state index in [0.717, 1.165) is 53.4 Å². The number of carbonyl (C=O) groups is 2. The van der Waals surface area contributed by atoms with E-state index in [9.17, 15) is 9.59 Å². The lowest BCUT2D eigenvalue weighted by molar-refractivity contribution is 0.0520. The first-order chi connectivity index (χ1) is 31.4. The monoisotopic (exact) mass is 924 g/mol. The van der Waals surface area contributed by atoms with Crippen LogP contribution in [0, 0.1) is 0 Å². The van der Waals surface area contributed by atoms with Gasteiger partial charge in [0.05, 0.1) is 28.7 Å². The minimum atomic E-state index is -0.459. The third-order valence-electron chi connectivity index (χ3n) is 10.2. The first-order valence-electron chi connectivity index (χ1n) is 20.3. The van der Waals surface area contributed by atoms with Crippen molar-refractivity contribution in [2.24, 2.45) is 10.2 Å². The fraction of sp³-hybridized carbons (Fsp3) is 0.174. The summed E-state index contributed by atoms with van der Waals surface area (Å²) in [6.45, 7) is 4.02. The van der Waals surface area contributed by atoms with E-state index in [1.165, 1.54) is 22.7 Å². The molecule has 8 aromatic rings. The minimum absolute atomic E-state index is 0.0374. The lowest BCUT2D eigenvalue weighted by Gasteiger charge is -2.15. The van der Waals surface area contributed by atoms with Crippen molar-refractivity contribution in [1.29, 1.82) is 0 Å². The van der Waals surface area contributed by atoms with E-state index >= 15 is 0 Å². The van der Waals surface area contributed by atoms with Crippen LogP contribution in [0.5, 0.6) is 11.5 Å². The molecule has 14 nitrogen and oxygen atoms in total. The molecule has 0 fully saturated rings. The third-order valence-corrected chi connectivity index (χ3v) is 14.6. The van der Waals surface area contributed by atoms with Gasteiger partial charge < -0.3 is 18.9 Å². The molecule has 0 spiro atoms. The molecule has 2 aliphatic rings. The molecule has 0 bridgehead atoms. The summed E-state index contributed by atoms with van der Waals surface area (Å²) in [7, 11) is 0. The number of hydrogen-bond donors (Lipinski definition) is 0. The lowest BCUT2D eigenvalue weighted by atomic mass is 10.1. The molecule has 320 valence electrons. The highest BCUT2D eigenvalue weighted by Gasteiger charge is 2.30. The zero-order valence-electron chi connectivity index (χ0n) is 34.3. The minimum Gasteiger partial charge on any atom is -0.489 e. The van der Waals surface area contributed by atoms with Gasteiger partial charge in [-0.1, -0.05) is 84.2 Å². The van der Waals surface area contributed by atoms with Crippen LogP contribution in [0.25, 0.3) is 32.2 Å². The van der Waals surface area contributed by atoms with Crippen LogP contribution in [0.2, 0.25) is 0 Å². The van der Waals surface area contributed by atoms with Crippen LogP contribution in [0.4, 0.5) is 0 Å². The van der Waals surface area contributed by atoms with E-state index in [1.807, 2.05) is 109 Å². The van der Waals surface area contributed by atoms with Gasteiger partial charge in [0.1, 0.15) is 34.5 Å². The Morgan fingerprint density at radius 1 is 0.547 bits per heavy atom. The van der Waals surface area contributed by atoms with Crippen molar-refractivity contribution in [3.05, 3.63) is 141 Å². The molecule has 64 heavy (non-hydrogen) atoms. The molecular weight excluding hydrogens is 889 g/mol. The SMILES string of the molecule is CCOC(=O)c1sc2sc(C(=O)OCC)c(COc3ccc(C4=Nn5c(nnc5-c5ccccc5)SC4)cc3)c2c1COc1ccc(C2=Nn3c(nnc3-c3ccccc3)SC2)cc1. The Kier molecular flexibility index (Phi) is 11.8. The maximum Gasteiger partial charge on any atom is 0.348 e. The van der Waals surface area contributed by atoms with Gasteiger partial charge in [0.2, 0.25) is 10.3 Å². The van der Waals surface area contributed by atoms with E-state index in [1.54, 1.807) is 46.7 Å². The molecule has 0 unspecified atom stereocenters. The van der Waals surface area contributed by atoms with Gasteiger partial charge in [-0.15, -0.1) is 43.1 Å². The molecule has 0 aliphatic carbocycles. The molecule has 0 atom stereocenters. The van der Waals surface area contributed by atoms with Gasteiger partial charge in [0.25, 0.3) is 0 Å². The smallest absolute Gasteiger partial charge is 0.348 e. The summed E-state index contributed by atoms with van der Waals surface area (Å²) in [6, 6.07) is 35.1. The predicted octanol–water partition coefficient (Wildman–Crippen LogP) is 9.71. The van der Waals surface area contributed by atoms with Crippen LogP contribution < -0.4 is 9.47 Å². The van der Waals surface area contributed by atoms with Crippen molar-refractivity contribution < 1.29 is 28.5 Å². The molecule has 0 amide bonds. The normalized spacial score (nSPS) is 13.2. The van der Waals surface area contributed by atoms with Crippen molar-refractivity contribution in [3.63, 3.8) is 0 Å². The number of benzene rings is 4. The van der Waals surface area contributed by atoms with E-state index < -0.39 is 11.9 Å². The molecule has 0 N–H and O–H groups in total. The molecule has 0 radical (unpaired) electrons. The highest BCUT2D eigenvalue weighted by molar-refractivity contribution is 8.00. The summed E-state index contributed by atoms with van der Waals surface area (Å²) in [5.41, 5.74) is 6.70. The number of carbonyl (C=O) groups excluding carboxylic acids is 2. The van der Waals surface area contributed by atoms with Gasteiger partial charge in [-0.05, 0) is 73.5 Å². The number of rotatable bonds is 14. The van der Waals surface area contributed by atoms with Crippen molar-refractivity contribution in [2.75, 3.05) is 24.7 Å². The summed E-state index contributed by atoms with van der Waals surface area (Å²) < 4.78 is 28.1. The van der Waals surface area contributed by atoms with Gasteiger partial charge in [-0.25, -0.2) is 9.59 Å². The Hall–Kier alpha value is -6.60. The van der Waals surface area contributed by atoms with E-state index in [-0.39, 0.29) is 26.4 Å². The molecule has 2 aliphatic heterocycles. The molecule has 4 aromatic carbocycles. The van der Waals surface area contributed by atoms with Gasteiger partial charge in [0, 0.05) is 39.1 Å². The average Bonchev–Trinajstić information content (AvgIpc) is 4.13. The lowest BCUT2D eigenvalue weighted by Crippen LogP contribution is -2.14. The van der Waals surface area contributed by atoms with Gasteiger partial charge >= 0.3 is 11.9 Å². The zero-order chi connectivity index (χ0) is 43.6. The van der Waals surface area contributed by atoms with Crippen molar-refractivity contribution in [1.82, 2.24) is 29.7 Å². The van der Waals surface area contributed by atoms with Gasteiger partial charge in [-0.2, -0.15) is 19.6 Å². The number of esters is 2. The summed E-state index contributed by atoms with van der Waals surface area (Å²) in [5.74, 6) is 2.89. The van der Waals surface area contributed by atoms with Crippen molar-refractivity contribution in [2.45, 2.75) is 37.4 Å². The molecule has 4 aromatic heterocycles. The molecule has 6 heterocycles. The number of thiophene rings is 2. The average molecular weight is 925 g/mol. The Balaban J connectivity index is 0.904. The van der Waals surface area contributed by atoms with Crippen molar-refractivity contribution in [3.8, 4) is 34.3 Å². The van der Waals surface area contributed by atoms with Crippen LogP contribution in [0.15, 0.2) is 130 Å². The van der Waals surface area contributed by atoms with Crippen LogP contribution >= 0.6 is 46.2 Å². The van der Waals surface area contributed by atoms with Crippen LogP contribution in [-0.4, -0.2) is 77.8 Å². The number of nitrogens with zero attached hydrogens (tertiary/aromatic N) is 8. The predicted molar refractivity (Wildman–Crippen MR) is 249 cm³/mol. The number of hydrogen-bond acceptors (Lipinski definition) is 16. The van der Waals surface area contributed by atoms with Gasteiger partial charge in [-0.3, -0.25) is 0 Å². The summed E-state index contributed by atoms with van der Waals surface area (Å²) >= 11 is 5.70. The van der Waals surface area contributed by atoms with E-state index in [2.05, 4.69) is 20.4 Å². The second-order valence-corrected chi connectivity index (χ2v) is 18.4. The Labute approximate surface area is 383 Å². The number of fused-ring (bicyclic) bond motifs is 3. The Morgan fingerprint density at radius 2 is 0.969 bits per heavy atom. The highest BCUT2D eigenvalue weighted by atomic mass is 32.2. The third kappa shape index (κ3) is 8.20. The number of ether oxygens (including phenoxy) is 4. The van der Waals surface area contributed by atoms with Crippen LogP contribution in [0.1, 0.15) is 55.4 Å². The van der Waals surface area contributed by atoms with Crippen LogP contribution in [0.3, 0.4) is 0 Å². The number of thioether (sulfide) groups is 2. The second kappa shape index (κ2) is 18.2. The van der Waals surface area contributed by atoms with E-state index in [4.69, 9.17) is 29.2 Å². The first-order valence-corrected chi connectivity index (χ1v) is 23.9. The molecule has 0 saturated heterocycles. The molecular formula is C46H36N8O6S4.